The maximum absolute atomic E-state index is 8.71. The summed E-state index contributed by atoms with van der Waals surface area (Å²) in [6, 6.07) is 6.77. The third-order valence-electron chi connectivity index (χ3n) is 1.77. The number of hydrogen-bond donors (Lipinski definition) is 0. The molecule has 5 heteroatoms. The second-order valence-corrected chi connectivity index (χ2v) is 3.37. The van der Waals surface area contributed by atoms with E-state index in [0.717, 1.165) is 0 Å². The minimum atomic E-state index is 0.336. The molecule has 2 aromatic heterocycles. The first kappa shape index (κ1) is 10.4. The van der Waals surface area contributed by atoms with Crippen LogP contribution in [0.25, 0.3) is 0 Å². The van der Waals surface area contributed by atoms with Crippen molar-refractivity contribution in [1.29, 1.82) is 5.26 Å². The van der Waals surface area contributed by atoms with E-state index in [9.17, 15) is 0 Å². The van der Waals surface area contributed by atoms with Gasteiger partial charge >= 0.3 is 0 Å². The highest BCUT2D eigenvalue weighted by Gasteiger charge is 2.01. The Morgan fingerprint density at radius 3 is 2.94 bits per heavy atom. The average Bonchev–Trinajstić information content (AvgIpc) is 2.29. The van der Waals surface area contributed by atoms with Gasteiger partial charge in [0.25, 0.3) is 0 Å². The summed E-state index contributed by atoms with van der Waals surface area (Å²) in [5.74, 6) is 0.818. The lowest BCUT2D eigenvalue weighted by molar-refractivity contribution is 0.460. The van der Waals surface area contributed by atoms with Crippen molar-refractivity contribution in [2.75, 3.05) is 0 Å². The van der Waals surface area contributed by atoms with Gasteiger partial charge in [0.2, 0.25) is 5.88 Å². The van der Waals surface area contributed by atoms with Crippen LogP contribution < -0.4 is 4.74 Å². The lowest BCUT2D eigenvalue weighted by Gasteiger charge is -2.03. The summed E-state index contributed by atoms with van der Waals surface area (Å²) in [6.45, 7) is 0. The normalized spacial score (nSPS) is 9.50. The van der Waals surface area contributed by atoms with Crippen molar-refractivity contribution in [3.63, 3.8) is 0 Å². The van der Waals surface area contributed by atoms with Gasteiger partial charge in [-0.1, -0.05) is 11.6 Å². The molecule has 2 heterocycles. The van der Waals surface area contributed by atoms with E-state index in [1.54, 1.807) is 18.2 Å². The van der Waals surface area contributed by atoms with Crippen LogP contribution in [0.2, 0.25) is 5.02 Å². The van der Waals surface area contributed by atoms with Gasteiger partial charge in [0.15, 0.2) is 0 Å². The third-order valence-corrected chi connectivity index (χ3v) is 1.97. The molecule has 0 bridgehead atoms. The highest BCUT2D eigenvalue weighted by molar-refractivity contribution is 6.30. The molecule has 0 amide bonds. The lowest BCUT2D eigenvalue weighted by atomic mass is 10.3. The molecule has 0 aromatic carbocycles. The van der Waals surface area contributed by atoms with Crippen LogP contribution in [0.3, 0.4) is 0 Å². The minimum Gasteiger partial charge on any atom is -0.437 e. The van der Waals surface area contributed by atoms with Crippen LogP contribution in [0.15, 0.2) is 36.8 Å². The van der Waals surface area contributed by atoms with Gasteiger partial charge in [0.05, 0.1) is 22.9 Å². The summed E-state index contributed by atoms with van der Waals surface area (Å²) in [6.07, 6.45) is 4.53. The Bertz CT molecular complexity index is 551. The number of aromatic nitrogens is 2. The topological polar surface area (TPSA) is 58.8 Å². The molecule has 0 atom stereocenters. The van der Waals surface area contributed by atoms with Crippen molar-refractivity contribution in [2.45, 2.75) is 0 Å². The summed E-state index contributed by atoms with van der Waals surface area (Å²) in [5.41, 5.74) is 0.486. The second kappa shape index (κ2) is 4.60. The van der Waals surface area contributed by atoms with Gasteiger partial charge in [-0.25, -0.2) is 4.98 Å². The SMILES string of the molecule is N#Cc1ccnc(Oc2cncc(Cl)c2)c1. The Hall–Kier alpha value is -2.12. The number of hydrogen-bond acceptors (Lipinski definition) is 4. The van der Waals surface area contributed by atoms with Crippen molar-refractivity contribution in [3.05, 3.63) is 47.4 Å². The molecule has 0 N–H and O–H groups in total. The first-order valence-corrected chi connectivity index (χ1v) is 4.80. The van der Waals surface area contributed by atoms with Gasteiger partial charge in [-0.05, 0) is 6.07 Å². The van der Waals surface area contributed by atoms with E-state index in [1.165, 1.54) is 18.6 Å². The molecule has 2 rings (SSSR count). The van der Waals surface area contributed by atoms with Gasteiger partial charge in [-0.2, -0.15) is 5.26 Å². The molecule has 2 aromatic rings. The predicted molar refractivity (Wildman–Crippen MR) is 58.3 cm³/mol. The zero-order valence-electron chi connectivity index (χ0n) is 8.09. The molecule has 0 aliphatic heterocycles. The fourth-order valence-electron chi connectivity index (χ4n) is 1.10. The quantitative estimate of drug-likeness (QED) is 0.797. The van der Waals surface area contributed by atoms with Crippen LogP contribution in [0.1, 0.15) is 5.56 Å². The molecule has 0 fully saturated rings. The van der Waals surface area contributed by atoms with E-state index < -0.39 is 0 Å². The van der Waals surface area contributed by atoms with Crippen LogP contribution in [-0.2, 0) is 0 Å². The number of ether oxygens (including phenoxy) is 1. The summed E-state index contributed by atoms with van der Waals surface area (Å²) < 4.78 is 5.39. The summed E-state index contributed by atoms with van der Waals surface area (Å²) in [5, 5.41) is 9.19. The monoisotopic (exact) mass is 231 g/mol. The molecule has 0 saturated heterocycles. The van der Waals surface area contributed by atoms with E-state index in [-0.39, 0.29) is 0 Å². The first-order valence-electron chi connectivity index (χ1n) is 4.42. The lowest BCUT2D eigenvalue weighted by Crippen LogP contribution is -1.89. The van der Waals surface area contributed by atoms with Crippen molar-refractivity contribution < 1.29 is 4.74 Å². The smallest absolute Gasteiger partial charge is 0.220 e. The Labute approximate surface area is 97.1 Å². The highest BCUT2D eigenvalue weighted by Crippen LogP contribution is 2.21. The fraction of sp³-hybridized carbons (Fsp3) is 0. The second-order valence-electron chi connectivity index (χ2n) is 2.94. The molecule has 0 unspecified atom stereocenters. The van der Waals surface area contributed by atoms with Crippen molar-refractivity contribution in [3.8, 4) is 17.7 Å². The first-order chi connectivity index (χ1) is 7.78. The van der Waals surface area contributed by atoms with E-state index >= 15 is 0 Å². The molecule has 16 heavy (non-hydrogen) atoms. The summed E-state index contributed by atoms with van der Waals surface area (Å²) in [7, 11) is 0. The number of halogens is 1. The molecule has 4 nitrogen and oxygen atoms in total. The van der Waals surface area contributed by atoms with Crippen molar-refractivity contribution in [1.82, 2.24) is 9.97 Å². The molecule has 78 valence electrons. The Kier molecular flexibility index (Phi) is 2.99. The largest absolute Gasteiger partial charge is 0.437 e. The zero-order valence-corrected chi connectivity index (χ0v) is 8.85. The molecular formula is C11H6ClN3O. The number of rotatable bonds is 2. The predicted octanol–water partition coefficient (Wildman–Crippen LogP) is 2.79. The van der Waals surface area contributed by atoms with E-state index in [4.69, 9.17) is 21.6 Å². The standard InChI is InChI=1S/C11H6ClN3O/c12-9-4-10(7-14-6-9)16-11-3-8(5-13)1-2-15-11/h1-4,6-7H. The highest BCUT2D eigenvalue weighted by atomic mass is 35.5. The number of nitriles is 1. The fourth-order valence-corrected chi connectivity index (χ4v) is 1.27. The van der Waals surface area contributed by atoms with Gasteiger partial charge in [0, 0.05) is 24.5 Å². The minimum absolute atomic E-state index is 0.336. The van der Waals surface area contributed by atoms with Gasteiger partial charge < -0.3 is 4.74 Å². The van der Waals surface area contributed by atoms with Gasteiger partial charge in [-0.3, -0.25) is 4.98 Å². The molecular weight excluding hydrogens is 226 g/mol. The summed E-state index contributed by atoms with van der Waals surface area (Å²) >= 11 is 5.75. The van der Waals surface area contributed by atoms with E-state index in [1.807, 2.05) is 6.07 Å². The van der Waals surface area contributed by atoms with Crippen LogP contribution in [0.4, 0.5) is 0 Å². The summed E-state index contributed by atoms with van der Waals surface area (Å²) in [4.78, 5) is 7.84. The number of pyridine rings is 2. The average molecular weight is 232 g/mol. The van der Waals surface area contributed by atoms with Crippen LogP contribution in [-0.4, -0.2) is 9.97 Å². The maximum atomic E-state index is 8.71. The van der Waals surface area contributed by atoms with Gasteiger partial charge in [0.1, 0.15) is 5.75 Å². The molecule has 0 spiro atoms. The van der Waals surface area contributed by atoms with E-state index in [0.29, 0.717) is 22.2 Å². The molecule has 0 radical (unpaired) electrons. The molecule has 0 saturated carbocycles. The Morgan fingerprint density at radius 1 is 1.31 bits per heavy atom. The number of nitrogens with zero attached hydrogens (tertiary/aromatic N) is 3. The van der Waals surface area contributed by atoms with Crippen LogP contribution >= 0.6 is 11.6 Å². The van der Waals surface area contributed by atoms with Crippen LogP contribution in [0, 0.1) is 11.3 Å². The maximum Gasteiger partial charge on any atom is 0.220 e. The molecule has 0 aliphatic carbocycles. The zero-order chi connectivity index (χ0) is 11.4. The van der Waals surface area contributed by atoms with Crippen molar-refractivity contribution >= 4 is 11.6 Å². The van der Waals surface area contributed by atoms with Crippen LogP contribution in [0.5, 0.6) is 11.6 Å². The Morgan fingerprint density at radius 2 is 2.19 bits per heavy atom. The third kappa shape index (κ3) is 2.47. The van der Waals surface area contributed by atoms with E-state index in [2.05, 4.69) is 9.97 Å². The Balaban J connectivity index is 2.24. The van der Waals surface area contributed by atoms with Gasteiger partial charge in [-0.15, -0.1) is 0 Å². The molecule has 0 aliphatic rings. The van der Waals surface area contributed by atoms with Crippen molar-refractivity contribution in [2.24, 2.45) is 0 Å².